The first-order valence-corrected chi connectivity index (χ1v) is 8.25. The van der Waals surface area contributed by atoms with Gasteiger partial charge in [-0.05, 0) is 30.7 Å². The second-order valence-corrected chi connectivity index (χ2v) is 6.14. The Labute approximate surface area is 141 Å². The van der Waals surface area contributed by atoms with Gasteiger partial charge in [-0.3, -0.25) is 9.78 Å². The van der Waals surface area contributed by atoms with Gasteiger partial charge in [0.15, 0.2) is 5.75 Å². The van der Waals surface area contributed by atoms with E-state index >= 15 is 0 Å². The molecule has 0 aliphatic heterocycles. The Balaban J connectivity index is 2.32. The fraction of sp³-hybridized carbons (Fsp3) is 0.444. The van der Waals surface area contributed by atoms with Crippen LogP contribution in [0.3, 0.4) is 0 Å². The molecule has 4 nitrogen and oxygen atoms in total. The van der Waals surface area contributed by atoms with Crippen molar-refractivity contribution in [3.63, 3.8) is 0 Å². The average molecular weight is 336 g/mol. The molecular formula is C18H22ClNO3. The van der Waals surface area contributed by atoms with Crippen LogP contribution in [0, 0.1) is 0 Å². The number of carbonyl (C=O) groups is 1. The lowest BCUT2D eigenvalue weighted by Gasteiger charge is -2.30. The largest absolute Gasteiger partial charge is 0.450 e. The van der Waals surface area contributed by atoms with E-state index in [0.717, 1.165) is 24.6 Å². The Kier molecular flexibility index (Phi) is 5.83. The van der Waals surface area contributed by atoms with Crippen LogP contribution in [-0.2, 0) is 9.53 Å². The molecule has 23 heavy (non-hydrogen) atoms. The SMILES string of the molecule is CCCCCC(C)(OC(C)=O)Oc1ccc(Cl)c2cccnc12. The fourth-order valence-corrected chi connectivity index (χ4v) is 2.77. The van der Waals surface area contributed by atoms with Crippen LogP contribution in [-0.4, -0.2) is 16.7 Å². The zero-order chi connectivity index (χ0) is 16.9. The zero-order valence-corrected chi connectivity index (χ0v) is 14.5. The zero-order valence-electron chi connectivity index (χ0n) is 13.8. The van der Waals surface area contributed by atoms with E-state index in [4.69, 9.17) is 21.1 Å². The van der Waals surface area contributed by atoms with Crippen molar-refractivity contribution >= 4 is 28.5 Å². The first-order chi connectivity index (χ1) is 10.9. The molecule has 1 aromatic carbocycles. The molecule has 1 aromatic heterocycles. The minimum Gasteiger partial charge on any atom is -0.450 e. The highest BCUT2D eigenvalue weighted by Gasteiger charge is 2.30. The van der Waals surface area contributed by atoms with Crippen LogP contribution in [0.2, 0.25) is 5.02 Å². The van der Waals surface area contributed by atoms with Gasteiger partial charge in [0.1, 0.15) is 5.52 Å². The molecule has 0 spiro atoms. The van der Waals surface area contributed by atoms with Crippen molar-refractivity contribution < 1.29 is 14.3 Å². The molecule has 0 saturated heterocycles. The van der Waals surface area contributed by atoms with Crippen molar-refractivity contribution in [1.82, 2.24) is 4.98 Å². The van der Waals surface area contributed by atoms with Crippen LogP contribution >= 0.6 is 11.6 Å². The van der Waals surface area contributed by atoms with Crippen LogP contribution in [0.1, 0.15) is 46.5 Å². The standard InChI is InChI=1S/C18H22ClNO3/c1-4-5-6-11-18(3,22-13(2)21)23-16-10-9-15(19)14-8-7-12-20-17(14)16/h7-10,12H,4-6,11H2,1-3H3. The van der Waals surface area contributed by atoms with Gasteiger partial charge in [0.25, 0.3) is 5.79 Å². The highest BCUT2D eigenvalue weighted by Crippen LogP contribution is 2.33. The minimum absolute atomic E-state index is 0.366. The van der Waals surface area contributed by atoms with Gasteiger partial charge in [0.05, 0.1) is 5.02 Å². The van der Waals surface area contributed by atoms with E-state index in [1.165, 1.54) is 6.92 Å². The van der Waals surface area contributed by atoms with Gasteiger partial charge in [0, 0.05) is 31.9 Å². The minimum atomic E-state index is -1.01. The third-order valence-electron chi connectivity index (χ3n) is 3.60. The third kappa shape index (κ3) is 4.58. The summed E-state index contributed by atoms with van der Waals surface area (Å²) < 4.78 is 11.5. The number of rotatable bonds is 7. The highest BCUT2D eigenvalue weighted by molar-refractivity contribution is 6.35. The number of hydrogen-bond donors (Lipinski definition) is 0. The van der Waals surface area contributed by atoms with Crippen molar-refractivity contribution in [2.24, 2.45) is 0 Å². The Hall–Kier alpha value is -1.81. The van der Waals surface area contributed by atoms with Crippen molar-refractivity contribution in [2.75, 3.05) is 0 Å². The Bertz CT molecular complexity index is 689. The quantitative estimate of drug-likeness (QED) is 0.400. The van der Waals surface area contributed by atoms with Crippen LogP contribution in [0.15, 0.2) is 30.5 Å². The summed E-state index contributed by atoms with van der Waals surface area (Å²) in [6.07, 6.45) is 5.36. The molecule has 2 aromatic rings. The summed E-state index contributed by atoms with van der Waals surface area (Å²) >= 11 is 6.21. The fourth-order valence-electron chi connectivity index (χ4n) is 2.55. The first kappa shape index (κ1) is 17.5. The Morgan fingerprint density at radius 3 is 2.78 bits per heavy atom. The van der Waals surface area contributed by atoms with Gasteiger partial charge < -0.3 is 9.47 Å². The summed E-state index contributed by atoms with van der Waals surface area (Å²) in [6, 6.07) is 7.24. The van der Waals surface area contributed by atoms with Gasteiger partial charge in [0.2, 0.25) is 0 Å². The van der Waals surface area contributed by atoms with Gasteiger partial charge >= 0.3 is 5.97 Å². The molecule has 0 fully saturated rings. The van der Waals surface area contributed by atoms with Crippen LogP contribution in [0.4, 0.5) is 0 Å². The van der Waals surface area contributed by atoms with E-state index in [0.29, 0.717) is 22.7 Å². The van der Waals surface area contributed by atoms with E-state index in [2.05, 4.69) is 11.9 Å². The first-order valence-electron chi connectivity index (χ1n) is 7.87. The van der Waals surface area contributed by atoms with Gasteiger partial charge in [-0.1, -0.05) is 31.4 Å². The molecule has 1 heterocycles. The number of esters is 1. The number of carbonyl (C=O) groups excluding carboxylic acids is 1. The molecule has 0 aliphatic carbocycles. The summed E-state index contributed by atoms with van der Waals surface area (Å²) in [4.78, 5) is 15.8. The number of aromatic nitrogens is 1. The molecule has 0 radical (unpaired) electrons. The van der Waals surface area contributed by atoms with E-state index in [-0.39, 0.29) is 5.97 Å². The maximum absolute atomic E-state index is 11.5. The number of benzene rings is 1. The maximum Gasteiger partial charge on any atom is 0.305 e. The van der Waals surface area contributed by atoms with E-state index in [9.17, 15) is 4.79 Å². The molecule has 0 bridgehead atoms. The normalized spacial score (nSPS) is 13.6. The summed E-state index contributed by atoms with van der Waals surface area (Å²) in [5, 5.41) is 1.42. The van der Waals surface area contributed by atoms with Crippen LogP contribution < -0.4 is 4.74 Å². The number of unbranched alkanes of at least 4 members (excludes halogenated alkanes) is 2. The monoisotopic (exact) mass is 335 g/mol. The molecule has 0 amide bonds. The predicted octanol–water partition coefficient (Wildman–Crippen LogP) is 5.13. The molecule has 5 heteroatoms. The van der Waals surface area contributed by atoms with E-state index in [1.54, 1.807) is 25.3 Å². The molecule has 1 unspecified atom stereocenters. The molecule has 1 atom stereocenters. The number of pyridine rings is 1. The van der Waals surface area contributed by atoms with Gasteiger partial charge in [-0.25, -0.2) is 0 Å². The molecule has 2 rings (SSSR count). The highest BCUT2D eigenvalue weighted by atomic mass is 35.5. The Morgan fingerprint density at radius 1 is 1.30 bits per heavy atom. The lowest BCUT2D eigenvalue weighted by Crippen LogP contribution is -2.37. The van der Waals surface area contributed by atoms with Crippen molar-refractivity contribution in [2.45, 2.75) is 52.2 Å². The smallest absolute Gasteiger partial charge is 0.305 e. The van der Waals surface area contributed by atoms with Crippen LogP contribution in [0.5, 0.6) is 5.75 Å². The molecule has 124 valence electrons. The summed E-state index contributed by atoms with van der Waals surface area (Å²) in [5.74, 6) is -0.820. The Morgan fingerprint density at radius 2 is 2.09 bits per heavy atom. The topological polar surface area (TPSA) is 48.4 Å². The summed E-state index contributed by atoms with van der Waals surface area (Å²) in [7, 11) is 0. The molecule has 0 saturated carbocycles. The predicted molar refractivity (Wildman–Crippen MR) is 91.7 cm³/mol. The van der Waals surface area contributed by atoms with Crippen molar-refractivity contribution in [1.29, 1.82) is 0 Å². The lowest BCUT2D eigenvalue weighted by atomic mass is 10.1. The number of halogens is 1. The average Bonchev–Trinajstić information content (AvgIpc) is 2.50. The second-order valence-electron chi connectivity index (χ2n) is 5.73. The number of ether oxygens (including phenoxy) is 2. The molecule has 0 N–H and O–H groups in total. The number of fused-ring (bicyclic) bond motifs is 1. The van der Waals surface area contributed by atoms with Gasteiger partial charge in [-0.15, -0.1) is 0 Å². The van der Waals surface area contributed by atoms with Crippen molar-refractivity contribution in [3.05, 3.63) is 35.5 Å². The van der Waals surface area contributed by atoms with Crippen LogP contribution in [0.25, 0.3) is 10.9 Å². The van der Waals surface area contributed by atoms with Gasteiger partial charge in [-0.2, -0.15) is 0 Å². The van der Waals surface area contributed by atoms with E-state index in [1.807, 2.05) is 12.1 Å². The maximum atomic E-state index is 11.5. The summed E-state index contributed by atoms with van der Waals surface area (Å²) in [6.45, 7) is 5.30. The summed E-state index contributed by atoms with van der Waals surface area (Å²) in [5.41, 5.74) is 0.661. The number of hydrogen-bond acceptors (Lipinski definition) is 4. The van der Waals surface area contributed by atoms with Crippen molar-refractivity contribution in [3.8, 4) is 5.75 Å². The molecular weight excluding hydrogens is 314 g/mol. The molecule has 0 aliphatic rings. The second kappa shape index (κ2) is 7.64. The third-order valence-corrected chi connectivity index (χ3v) is 3.93. The van der Waals surface area contributed by atoms with E-state index < -0.39 is 5.79 Å². The lowest BCUT2D eigenvalue weighted by molar-refractivity contribution is -0.191. The number of nitrogens with zero attached hydrogens (tertiary/aromatic N) is 1.